The highest BCUT2D eigenvalue weighted by Gasteiger charge is 2.17. The normalized spacial score (nSPS) is 16.4. The topological polar surface area (TPSA) is 179 Å². The van der Waals surface area contributed by atoms with E-state index < -0.39 is 23.6 Å². The second kappa shape index (κ2) is 16.1. The number of rotatable bonds is 10. The van der Waals surface area contributed by atoms with Crippen molar-refractivity contribution in [2.75, 3.05) is 23.8 Å². The van der Waals surface area contributed by atoms with Crippen LogP contribution in [-0.2, 0) is 22.3 Å². The average Bonchev–Trinajstić information content (AvgIpc) is 3.71. The molecule has 0 saturated carbocycles. The molecule has 2 aliphatic heterocycles. The Balaban J connectivity index is 0.000000188. The summed E-state index contributed by atoms with van der Waals surface area (Å²) in [5.74, 6) is -2.26. The van der Waals surface area contributed by atoms with E-state index in [0.29, 0.717) is 24.6 Å². The summed E-state index contributed by atoms with van der Waals surface area (Å²) in [6.07, 6.45) is 7.03. The van der Waals surface area contributed by atoms with Gasteiger partial charge in [-0.05, 0) is 79.3 Å². The van der Waals surface area contributed by atoms with Gasteiger partial charge in [0.25, 0.3) is 23.9 Å². The van der Waals surface area contributed by atoms with Gasteiger partial charge in [-0.1, -0.05) is 24.3 Å². The minimum atomic E-state index is -0.787. The third-order valence-electron chi connectivity index (χ3n) is 7.39. The lowest BCUT2D eigenvalue weighted by molar-refractivity contribution is 0.101. The third kappa shape index (κ3) is 9.79. The number of carbonyl (C=O) groups is 2. The molecule has 0 aliphatic carbocycles. The molecule has 6 rings (SSSR count). The van der Waals surface area contributed by atoms with Gasteiger partial charge in [-0.25, -0.2) is 19.4 Å². The first-order valence-electron chi connectivity index (χ1n) is 15.2. The van der Waals surface area contributed by atoms with Gasteiger partial charge in [0.1, 0.15) is 19.0 Å². The molecule has 0 bridgehead atoms. The predicted octanol–water partition coefficient (Wildman–Crippen LogP) is 4.24. The zero-order valence-electron chi connectivity index (χ0n) is 25.8. The number of nitrogens with one attached hydrogen (secondary N) is 2. The molecule has 248 valence electrons. The molecule has 2 aromatic carbocycles. The van der Waals surface area contributed by atoms with Crippen LogP contribution in [0.25, 0.3) is 0 Å². The molecule has 4 heterocycles. The first kappa shape index (κ1) is 33.4. The van der Waals surface area contributed by atoms with Crippen LogP contribution in [0.2, 0.25) is 0 Å². The van der Waals surface area contributed by atoms with Crippen molar-refractivity contribution in [3.63, 3.8) is 0 Å². The summed E-state index contributed by atoms with van der Waals surface area (Å²) < 4.78 is 36.8. The van der Waals surface area contributed by atoms with E-state index in [1.54, 1.807) is 12.1 Å². The standard InChI is InChI=1S/2C17H17FN4O2/c18-13-7-12(8-20-9-13)16(23)21-14-4-1-11(2-5-14)3-6-15-10-24-17(19)22-15;18-15-14(2-1-9-20-15)16(23)21-12-6-3-11(4-7-12)5-8-13-10-24-17(19)22-13/h1-2,4-5,7-9,15H,3,6,10H2,(H2,19,22)(H,21,23);1-4,6-7,9,13H,5,8,10H2,(H2,19,22)(H,21,23)/t15-;13-/m00/s1. The molecule has 2 amide bonds. The Labute approximate surface area is 275 Å². The number of hydrogen-bond acceptors (Lipinski definition) is 10. The number of halogens is 2. The number of benzene rings is 2. The Hall–Kier alpha value is -5.92. The van der Waals surface area contributed by atoms with Gasteiger partial charge in [-0.15, -0.1) is 0 Å². The largest absolute Gasteiger partial charge is 0.463 e. The van der Waals surface area contributed by atoms with Gasteiger partial charge in [0.05, 0.1) is 29.4 Å². The SMILES string of the molecule is NC1=N[C@@H](CCc2ccc(NC(=O)c3cccnc3F)cc2)CO1.NC1=N[C@@H](CCc2ccc(NC(=O)c3cncc(F)c3)cc2)CO1. The number of aryl methyl sites for hydroxylation is 2. The molecule has 6 N–H and O–H groups in total. The van der Waals surface area contributed by atoms with E-state index in [1.165, 1.54) is 24.5 Å². The van der Waals surface area contributed by atoms with Crippen molar-refractivity contribution < 1.29 is 27.8 Å². The van der Waals surface area contributed by atoms with E-state index in [4.69, 9.17) is 20.9 Å². The molecule has 2 aliphatic rings. The van der Waals surface area contributed by atoms with Crippen molar-refractivity contribution in [1.82, 2.24) is 9.97 Å². The monoisotopic (exact) mass is 656 g/mol. The van der Waals surface area contributed by atoms with E-state index in [0.717, 1.165) is 49.1 Å². The van der Waals surface area contributed by atoms with Crippen LogP contribution in [0, 0.1) is 11.8 Å². The minimum Gasteiger partial charge on any atom is -0.463 e. The number of nitrogens with zero attached hydrogens (tertiary/aromatic N) is 4. The fraction of sp³-hybridized carbons (Fsp3) is 0.235. The highest BCUT2D eigenvalue weighted by atomic mass is 19.1. The molecule has 14 heteroatoms. The Morgan fingerprint density at radius 1 is 0.771 bits per heavy atom. The first-order chi connectivity index (χ1) is 23.2. The quantitative estimate of drug-likeness (QED) is 0.183. The Morgan fingerprint density at radius 2 is 1.31 bits per heavy atom. The summed E-state index contributed by atoms with van der Waals surface area (Å²) >= 11 is 0. The van der Waals surface area contributed by atoms with Crippen molar-refractivity contribution in [3.8, 4) is 0 Å². The lowest BCUT2D eigenvalue weighted by Gasteiger charge is -2.08. The lowest BCUT2D eigenvalue weighted by Crippen LogP contribution is -2.14. The fourth-order valence-electron chi connectivity index (χ4n) is 4.84. The molecule has 4 aromatic rings. The maximum Gasteiger partial charge on any atom is 0.282 e. The van der Waals surface area contributed by atoms with E-state index in [1.807, 2.05) is 36.4 Å². The summed E-state index contributed by atoms with van der Waals surface area (Å²) in [7, 11) is 0. The van der Waals surface area contributed by atoms with Gasteiger partial charge in [0.15, 0.2) is 0 Å². The molecule has 0 saturated heterocycles. The number of aromatic nitrogens is 2. The third-order valence-corrected chi connectivity index (χ3v) is 7.39. The molecular weight excluding hydrogens is 622 g/mol. The molecule has 0 fully saturated rings. The number of carbonyl (C=O) groups excluding carboxylic acids is 2. The number of anilines is 2. The van der Waals surface area contributed by atoms with Crippen LogP contribution in [0.1, 0.15) is 44.7 Å². The second-order valence-corrected chi connectivity index (χ2v) is 11.0. The number of hydrogen-bond donors (Lipinski definition) is 4. The number of amides is 2. The van der Waals surface area contributed by atoms with Gasteiger partial charge in [-0.3, -0.25) is 14.6 Å². The Morgan fingerprint density at radius 3 is 1.79 bits per heavy atom. The summed E-state index contributed by atoms with van der Waals surface area (Å²) in [5, 5.41) is 5.36. The van der Waals surface area contributed by atoms with E-state index in [-0.39, 0.29) is 35.3 Å². The van der Waals surface area contributed by atoms with Crippen LogP contribution in [0.4, 0.5) is 20.2 Å². The Kier molecular flexibility index (Phi) is 11.2. The molecular formula is C34H34F2N8O4. The smallest absolute Gasteiger partial charge is 0.282 e. The van der Waals surface area contributed by atoms with Crippen LogP contribution >= 0.6 is 0 Å². The maximum atomic E-state index is 13.5. The molecule has 2 atom stereocenters. The number of aliphatic imine (C=N–C) groups is 2. The zero-order chi connectivity index (χ0) is 33.9. The van der Waals surface area contributed by atoms with Gasteiger partial charge in [-0.2, -0.15) is 4.39 Å². The maximum absolute atomic E-state index is 13.5. The second-order valence-electron chi connectivity index (χ2n) is 11.0. The minimum absolute atomic E-state index is 0.0849. The van der Waals surface area contributed by atoms with Crippen molar-refractivity contribution in [1.29, 1.82) is 0 Å². The summed E-state index contributed by atoms with van der Waals surface area (Å²) in [5.41, 5.74) is 14.5. The fourth-order valence-corrected chi connectivity index (χ4v) is 4.84. The van der Waals surface area contributed by atoms with E-state index in [9.17, 15) is 18.4 Å². The first-order valence-corrected chi connectivity index (χ1v) is 15.2. The summed E-state index contributed by atoms with van der Waals surface area (Å²) in [4.78, 5) is 39.5. The van der Waals surface area contributed by atoms with Crippen LogP contribution in [0.5, 0.6) is 0 Å². The van der Waals surface area contributed by atoms with Gasteiger partial charge < -0.3 is 31.6 Å². The molecule has 12 nitrogen and oxygen atoms in total. The number of ether oxygens (including phenoxy) is 2. The number of nitrogens with two attached hydrogens (primary N) is 2. The molecule has 0 spiro atoms. The van der Waals surface area contributed by atoms with Gasteiger partial charge in [0, 0.05) is 23.8 Å². The molecule has 2 aromatic heterocycles. The van der Waals surface area contributed by atoms with E-state index >= 15 is 0 Å². The van der Waals surface area contributed by atoms with Crippen molar-refractivity contribution in [2.45, 2.75) is 37.8 Å². The molecule has 0 unspecified atom stereocenters. The zero-order valence-corrected chi connectivity index (χ0v) is 25.8. The van der Waals surface area contributed by atoms with E-state index in [2.05, 4.69) is 30.6 Å². The average molecular weight is 657 g/mol. The van der Waals surface area contributed by atoms with Crippen molar-refractivity contribution in [2.24, 2.45) is 21.5 Å². The van der Waals surface area contributed by atoms with Gasteiger partial charge in [0.2, 0.25) is 5.95 Å². The predicted molar refractivity (Wildman–Crippen MR) is 177 cm³/mol. The van der Waals surface area contributed by atoms with Gasteiger partial charge >= 0.3 is 0 Å². The lowest BCUT2D eigenvalue weighted by atomic mass is 10.1. The van der Waals surface area contributed by atoms with Crippen LogP contribution in [-0.4, -0.2) is 59.1 Å². The summed E-state index contributed by atoms with van der Waals surface area (Å²) in [6.45, 7) is 1.05. The summed E-state index contributed by atoms with van der Waals surface area (Å²) in [6, 6.07) is 19.6. The Bertz CT molecular complexity index is 1780. The van der Waals surface area contributed by atoms with Crippen LogP contribution < -0.4 is 22.1 Å². The number of amidine groups is 2. The highest BCUT2D eigenvalue weighted by molar-refractivity contribution is 6.04. The molecule has 48 heavy (non-hydrogen) atoms. The van der Waals surface area contributed by atoms with Crippen molar-refractivity contribution >= 4 is 35.2 Å². The van der Waals surface area contributed by atoms with Crippen LogP contribution in [0.3, 0.4) is 0 Å². The van der Waals surface area contributed by atoms with Crippen LogP contribution in [0.15, 0.2) is 95.3 Å². The number of pyridine rings is 2. The molecule has 0 radical (unpaired) electrons. The van der Waals surface area contributed by atoms with Crippen molar-refractivity contribution in [3.05, 3.63) is 119 Å². The highest BCUT2D eigenvalue weighted by Crippen LogP contribution is 2.17.